The number of hydrogen-bond donors (Lipinski definition) is 0. The van der Waals surface area contributed by atoms with Gasteiger partial charge in [0.15, 0.2) is 0 Å². The molecule has 0 aliphatic heterocycles. The zero-order valence-corrected chi connectivity index (χ0v) is 12.5. The monoisotopic (exact) mass is 263 g/mol. The van der Waals surface area contributed by atoms with Gasteiger partial charge in [0.1, 0.15) is 10.8 Å². The van der Waals surface area contributed by atoms with Crippen molar-refractivity contribution in [1.82, 2.24) is 4.98 Å². The molecule has 0 saturated heterocycles. The van der Waals surface area contributed by atoms with Gasteiger partial charge in [-0.15, -0.1) is 11.3 Å². The van der Waals surface area contributed by atoms with Crippen LogP contribution in [0.15, 0.2) is 30.5 Å². The van der Waals surface area contributed by atoms with Crippen LogP contribution in [0.4, 0.5) is 0 Å². The molecule has 0 amide bonds. The van der Waals surface area contributed by atoms with E-state index in [0.29, 0.717) is 0 Å². The van der Waals surface area contributed by atoms with Crippen LogP contribution in [0.5, 0.6) is 5.75 Å². The molecule has 0 atom stereocenters. The minimum atomic E-state index is -1.23. The second-order valence-electron chi connectivity index (χ2n) is 5.01. The summed E-state index contributed by atoms with van der Waals surface area (Å²) in [6, 6.07) is 8.08. The van der Waals surface area contributed by atoms with E-state index >= 15 is 0 Å². The third-order valence-corrected chi connectivity index (χ3v) is 7.19. The van der Waals surface area contributed by atoms with Crippen LogP contribution < -0.4 is 9.24 Å². The van der Waals surface area contributed by atoms with Crippen molar-refractivity contribution >= 4 is 23.9 Å². The van der Waals surface area contributed by atoms with Gasteiger partial charge in [-0.1, -0.05) is 19.6 Å². The highest BCUT2D eigenvalue weighted by molar-refractivity contribution is 7.28. The number of thiazole rings is 1. The third kappa shape index (κ3) is 2.76. The van der Waals surface area contributed by atoms with Crippen LogP contribution >= 0.6 is 11.3 Å². The maximum atomic E-state index is 5.15. The van der Waals surface area contributed by atoms with Gasteiger partial charge in [-0.05, 0) is 24.3 Å². The Morgan fingerprint density at radius 1 is 1.12 bits per heavy atom. The predicted molar refractivity (Wildman–Crippen MR) is 77.1 cm³/mol. The van der Waals surface area contributed by atoms with Crippen molar-refractivity contribution in [2.45, 2.75) is 19.6 Å². The summed E-state index contributed by atoms with van der Waals surface area (Å²) in [5.41, 5.74) is 1.17. The molecule has 0 bridgehead atoms. The molecular weight excluding hydrogens is 246 g/mol. The number of benzene rings is 1. The van der Waals surface area contributed by atoms with Crippen molar-refractivity contribution in [3.63, 3.8) is 0 Å². The van der Waals surface area contributed by atoms with Gasteiger partial charge in [0, 0.05) is 16.3 Å². The van der Waals surface area contributed by atoms with Crippen LogP contribution in [0.1, 0.15) is 0 Å². The Morgan fingerprint density at radius 3 is 2.24 bits per heavy atom. The van der Waals surface area contributed by atoms with E-state index in [1.165, 1.54) is 10.1 Å². The molecule has 4 heteroatoms. The molecule has 1 heterocycles. The van der Waals surface area contributed by atoms with Crippen molar-refractivity contribution in [2.75, 3.05) is 7.11 Å². The van der Waals surface area contributed by atoms with Gasteiger partial charge < -0.3 is 4.74 Å². The summed E-state index contributed by atoms with van der Waals surface area (Å²) in [6.07, 6.45) is 2.04. The second kappa shape index (κ2) is 4.62. The molecule has 0 fully saturated rings. The minimum absolute atomic E-state index is 0.885. The zero-order valence-electron chi connectivity index (χ0n) is 10.7. The topological polar surface area (TPSA) is 22.1 Å². The molecule has 0 aliphatic carbocycles. The van der Waals surface area contributed by atoms with Crippen LogP contribution in [0.25, 0.3) is 10.6 Å². The van der Waals surface area contributed by atoms with Gasteiger partial charge in [-0.3, -0.25) is 0 Å². The van der Waals surface area contributed by atoms with Crippen LogP contribution in [0.3, 0.4) is 0 Å². The van der Waals surface area contributed by atoms with E-state index in [4.69, 9.17) is 4.74 Å². The first-order valence-electron chi connectivity index (χ1n) is 5.61. The zero-order chi connectivity index (χ0) is 12.5. The van der Waals surface area contributed by atoms with Crippen molar-refractivity contribution in [2.24, 2.45) is 0 Å². The fraction of sp³-hybridized carbons (Fsp3) is 0.308. The summed E-state index contributed by atoms with van der Waals surface area (Å²) in [6.45, 7) is 7.04. The maximum absolute atomic E-state index is 5.15. The van der Waals surface area contributed by atoms with E-state index in [1.54, 1.807) is 7.11 Å². The average molecular weight is 263 g/mol. The first kappa shape index (κ1) is 12.3. The van der Waals surface area contributed by atoms with Gasteiger partial charge in [0.2, 0.25) is 0 Å². The number of ether oxygens (including phenoxy) is 1. The summed E-state index contributed by atoms with van der Waals surface area (Å²) in [5, 5.41) is 1.10. The minimum Gasteiger partial charge on any atom is -0.497 e. The quantitative estimate of drug-likeness (QED) is 0.792. The Labute approximate surface area is 107 Å². The Bertz CT molecular complexity index is 499. The fourth-order valence-electron chi connectivity index (χ4n) is 1.49. The third-order valence-electron chi connectivity index (χ3n) is 2.58. The molecule has 0 unspecified atom stereocenters. The van der Waals surface area contributed by atoms with E-state index in [9.17, 15) is 0 Å². The molecule has 1 aromatic carbocycles. The fourth-order valence-corrected chi connectivity index (χ4v) is 4.13. The number of hydrogen-bond acceptors (Lipinski definition) is 3. The molecular formula is C13H17NOSSi. The molecule has 0 N–H and O–H groups in total. The molecule has 0 spiro atoms. The molecule has 2 aromatic rings. The highest BCUT2D eigenvalue weighted by Gasteiger charge is 2.19. The van der Waals surface area contributed by atoms with E-state index in [0.717, 1.165) is 10.8 Å². The van der Waals surface area contributed by atoms with Crippen molar-refractivity contribution in [1.29, 1.82) is 0 Å². The van der Waals surface area contributed by atoms with Crippen LogP contribution in [0, 0.1) is 0 Å². The highest BCUT2D eigenvalue weighted by Crippen LogP contribution is 2.24. The first-order chi connectivity index (χ1) is 8.00. The summed E-state index contributed by atoms with van der Waals surface area (Å²) in [7, 11) is 0.450. The van der Waals surface area contributed by atoms with Crippen molar-refractivity contribution < 1.29 is 4.74 Å². The van der Waals surface area contributed by atoms with E-state index < -0.39 is 8.07 Å². The summed E-state index contributed by atoms with van der Waals surface area (Å²) in [5.74, 6) is 0.885. The number of nitrogens with zero attached hydrogens (tertiary/aromatic N) is 1. The lowest BCUT2D eigenvalue weighted by atomic mass is 10.2. The molecule has 17 heavy (non-hydrogen) atoms. The predicted octanol–water partition coefficient (Wildman–Crippen LogP) is 3.36. The molecule has 0 radical (unpaired) electrons. The lowest BCUT2D eigenvalue weighted by Crippen LogP contribution is -2.34. The SMILES string of the molecule is COc1ccc(-c2ncc([Si](C)(C)C)s2)cc1. The number of methoxy groups -OCH3 is 1. The molecule has 2 rings (SSSR count). The van der Waals surface area contributed by atoms with Gasteiger partial charge in [-0.25, -0.2) is 4.98 Å². The molecule has 90 valence electrons. The smallest absolute Gasteiger partial charge is 0.123 e. The lowest BCUT2D eigenvalue weighted by molar-refractivity contribution is 0.415. The number of rotatable bonds is 3. The Balaban J connectivity index is 2.30. The summed E-state index contributed by atoms with van der Waals surface area (Å²) >= 11 is 1.82. The maximum Gasteiger partial charge on any atom is 0.123 e. The Morgan fingerprint density at radius 2 is 1.76 bits per heavy atom. The van der Waals surface area contributed by atoms with Gasteiger partial charge in [0.05, 0.1) is 15.2 Å². The highest BCUT2D eigenvalue weighted by atomic mass is 32.1. The summed E-state index contributed by atoms with van der Waals surface area (Å²) < 4.78 is 6.60. The van der Waals surface area contributed by atoms with Gasteiger partial charge in [-0.2, -0.15) is 0 Å². The molecule has 0 aliphatic rings. The van der Waals surface area contributed by atoms with E-state index in [1.807, 2.05) is 29.7 Å². The van der Waals surface area contributed by atoms with Crippen molar-refractivity contribution in [3.05, 3.63) is 30.5 Å². The standard InChI is InChI=1S/C13H17NOSSi/c1-15-11-7-5-10(6-8-11)13-14-9-12(16-13)17(2,3)4/h5-9H,1-4H3. The number of aromatic nitrogens is 1. The van der Waals surface area contributed by atoms with E-state index in [-0.39, 0.29) is 0 Å². The lowest BCUT2D eigenvalue weighted by Gasteiger charge is -2.11. The normalized spacial score (nSPS) is 11.5. The van der Waals surface area contributed by atoms with Gasteiger partial charge in [0.25, 0.3) is 0 Å². The van der Waals surface area contributed by atoms with Crippen LogP contribution in [-0.2, 0) is 0 Å². The molecule has 2 nitrogen and oxygen atoms in total. The average Bonchev–Trinajstić information content (AvgIpc) is 2.78. The van der Waals surface area contributed by atoms with Gasteiger partial charge >= 0.3 is 0 Å². The Kier molecular flexibility index (Phi) is 3.35. The van der Waals surface area contributed by atoms with Crippen LogP contribution in [-0.4, -0.2) is 20.2 Å². The second-order valence-corrected chi connectivity index (χ2v) is 11.4. The summed E-state index contributed by atoms with van der Waals surface area (Å²) in [4.78, 5) is 4.52. The van der Waals surface area contributed by atoms with E-state index in [2.05, 4.69) is 36.8 Å². The van der Waals surface area contributed by atoms with Crippen molar-refractivity contribution in [3.8, 4) is 16.3 Å². The largest absolute Gasteiger partial charge is 0.497 e. The first-order valence-corrected chi connectivity index (χ1v) is 9.93. The molecule has 0 saturated carbocycles. The Hall–Kier alpha value is -1.13. The molecule has 1 aromatic heterocycles. The van der Waals surface area contributed by atoms with Crippen LogP contribution in [0.2, 0.25) is 19.6 Å².